The van der Waals surface area contributed by atoms with Crippen molar-refractivity contribution in [1.29, 1.82) is 0 Å². The van der Waals surface area contributed by atoms with Gasteiger partial charge >= 0.3 is 0 Å². The maximum absolute atomic E-state index is 14.4. The predicted molar refractivity (Wildman–Crippen MR) is 107 cm³/mol. The van der Waals surface area contributed by atoms with E-state index in [0.29, 0.717) is 10.6 Å². The predicted octanol–water partition coefficient (Wildman–Crippen LogP) is 3.42. The Labute approximate surface area is 152 Å². The molecule has 3 aromatic rings. The summed E-state index contributed by atoms with van der Waals surface area (Å²) in [6.07, 6.45) is 0. The van der Waals surface area contributed by atoms with E-state index in [1.165, 1.54) is 0 Å². The molecule has 4 nitrogen and oxygen atoms in total. The number of fused-ring (bicyclic) bond motifs is 1. The van der Waals surface area contributed by atoms with Crippen molar-refractivity contribution in [2.45, 2.75) is 5.78 Å². The molecular formula is C21H19N2O2P. The number of nitrogens with one attached hydrogen (secondary N) is 1. The lowest BCUT2D eigenvalue weighted by Gasteiger charge is -2.37. The number of para-hydroxylation sites is 2. The van der Waals surface area contributed by atoms with E-state index in [0.717, 1.165) is 11.4 Å². The number of likely N-dealkylation sites (N-methyl/N-ethyl adjacent to an activating group) is 1. The lowest BCUT2D eigenvalue weighted by Crippen LogP contribution is -2.48. The maximum Gasteiger partial charge on any atom is 0.257 e. The van der Waals surface area contributed by atoms with Gasteiger partial charge in [0.25, 0.3) is 5.91 Å². The molecule has 1 aliphatic rings. The van der Waals surface area contributed by atoms with Gasteiger partial charge in [0.1, 0.15) is 0 Å². The minimum atomic E-state index is -3.25. The third kappa shape index (κ3) is 2.54. The van der Waals surface area contributed by atoms with Crippen LogP contribution in [0.2, 0.25) is 0 Å². The monoisotopic (exact) mass is 362 g/mol. The number of anilines is 2. The van der Waals surface area contributed by atoms with Crippen LogP contribution in [-0.2, 0) is 9.36 Å². The van der Waals surface area contributed by atoms with Crippen LogP contribution in [-0.4, -0.2) is 18.7 Å². The Morgan fingerprint density at radius 1 is 0.808 bits per heavy atom. The molecule has 0 saturated heterocycles. The zero-order valence-electron chi connectivity index (χ0n) is 14.4. The van der Waals surface area contributed by atoms with Gasteiger partial charge in [0.2, 0.25) is 0 Å². The van der Waals surface area contributed by atoms with Gasteiger partial charge < -0.3 is 14.8 Å². The fourth-order valence-corrected chi connectivity index (χ4v) is 6.32. The fraction of sp³-hybridized carbons (Fsp3) is 0.0952. The molecule has 0 bridgehead atoms. The molecule has 1 aliphatic heterocycles. The lowest BCUT2D eigenvalue weighted by molar-refractivity contribution is -0.117. The Morgan fingerprint density at radius 2 is 1.31 bits per heavy atom. The smallest absolute Gasteiger partial charge is 0.257 e. The molecule has 1 N–H and O–H groups in total. The van der Waals surface area contributed by atoms with Crippen LogP contribution in [0.5, 0.6) is 0 Å². The highest BCUT2D eigenvalue weighted by Crippen LogP contribution is 2.51. The highest BCUT2D eigenvalue weighted by molar-refractivity contribution is 7.80. The first-order chi connectivity index (χ1) is 12.6. The van der Waals surface area contributed by atoms with Crippen LogP contribution in [0, 0.1) is 0 Å². The Balaban J connectivity index is 1.91. The van der Waals surface area contributed by atoms with Crippen LogP contribution in [0.3, 0.4) is 0 Å². The molecule has 1 atom stereocenters. The molecule has 0 saturated carbocycles. The van der Waals surface area contributed by atoms with E-state index < -0.39 is 12.9 Å². The van der Waals surface area contributed by atoms with Gasteiger partial charge in [0.15, 0.2) is 12.9 Å². The third-order valence-corrected chi connectivity index (χ3v) is 7.97. The zero-order valence-corrected chi connectivity index (χ0v) is 15.3. The molecule has 1 heterocycles. The molecule has 0 radical (unpaired) electrons. The Kier molecular flexibility index (Phi) is 4.14. The largest absolute Gasteiger partial charge is 0.366 e. The summed E-state index contributed by atoms with van der Waals surface area (Å²) < 4.78 is 14.4. The van der Waals surface area contributed by atoms with Crippen molar-refractivity contribution in [3.05, 3.63) is 84.9 Å². The van der Waals surface area contributed by atoms with E-state index >= 15 is 0 Å². The average Bonchev–Trinajstić information content (AvgIpc) is 2.71. The number of rotatable bonds is 3. The highest BCUT2D eigenvalue weighted by atomic mass is 31.2. The second kappa shape index (κ2) is 6.47. The summed E-state index contributed by atoms with van der Waals surface area (Å²) in [6, 6.07) is 26.1. The first-order valence-electron chi connectivity index (χ1n) is 8.46. The first-order valence-corrected chi connectivity index (χ1v) is 10.2. The van der Waals surface area contributed by atoms with Crippen molar-refractivity contribution in [1.82, 2.24) is 0 Å². The van der Waals surface area contributed by atoms with Gasteiger partial charge in [0, 0.05) is 17.7 Å². The number of amides is 1. The molecule has 0 aromatic heterocycles. The zero-order chi connectivity index (χ0) is 18.1. The molecule has 1 amide bonds. The molecule has 3 aromatic carbocycles. The van der Waals surface area contributed by atoms with E-state index in [-0.39, 0.29) is 5.91 Å². The lowest BCUT2D eigenvalue weighted by atomic mass is 10.2. The summed E-state index contributed by atoms with van der Waals surface area (Å²) in [7, 11) is -1.52. The molecule has 5 heteroatoms. The number of nitrogens with zero attached hydrogens (tertiary/aromatic N) is 1. The van der Waals surface area contributed by atoms with Crippen molar-refractivity contribution < 1.29 is 9.36 Å². The number of carbonyl (C=O) groups excluding carboxylic acids is 1. The Morgan fingerprint density at radius 3 is 1.88 bits per heavy atom. The minimum absolute atomic E-state index is 0.195. The Bertz CT molecular complexity index is 946. The topological polar surface area (TPSA) is 49.4 Å². The van der Waals surface area contributed by atoms with E-state index in [9.17, 15) is 9.36 Å². The van der Waals surface area contributed by atoms with Crippen molar-refractivity contribution in [3.63, 3.8) is 0 Å². The SMILES string of the molecule is CN1C(=O)[C@H](P(=O)(c2ccccc2)c2ccccc2)Nc2ccccc21. The second-order valence-corrected chi connectivity index (χ2v) is 9.16. The summed E-state index contributed by atoms with van der Waals surface area (Å²) in [5.41, 5.74) is 1.60. The average molecular weight is 362 g/mol. The Hall–Kier alpha value is -2.84. The van der Waals surface area contributed by atoms with Gasteiger partial charge in [-0.3, -0.25) is 4.79 Å². The summed E-state index contributed by atoms with van der Waals surface area (Å²) in [5, 5.41) is 4.60. The van der Waals surface area contributed by atoms with Crippen molar-refractivity contribution >= 4 is 35.0 Å². The molecule has 0 fully saturated rings. The summed E-state index contributed by atoms with van der Waals surface area (Å²) in [5.74, 6) is -1.04. The molecular weight excluding hydrogens is 343 g/mol. The molecule has 0 spiro atoms. The van der Waals surface area contributed by atoms with Gasteiger partial charge in [-0.15, -0.1) is 0 Å². The van der Waals surface area contributed by atoms with Crippen molar-refractivity contribution in [2.75, 3.05) is 17.3 Å². The number of benzene rings is 3. The van der Waals surface area contributed by atoms with E-state index in [2.05, 4.69) is 5.32 Å². The van der Waals surface area contributed by atoms with Gasteiger partial charge in [-0.25, -0.2) is 0 Å². The van der Waals surface area contributed by atoms with E-state index in [1.54, 1.807) is 11.9 Å². The van der Waals surface area contributed by atoms with Crippen LogP contribution in [0.25, 0.3) is 0 Å². The molecule has 4 rings (SSSR count). The van der Waals surface area contributed by atoms with Gasteiger partial charge in [0.05, 0.1) is 11.4 Å². The van der Waals surface area contributed by atoms with Crippen LogP contribution < -0.4 is 20.8 Å². The summed E-state index contributed by atoms with van der Waals surface area (Å²) in [4.78, 5) is 14.8. The highest BCUT2D eigenvalue weighted by Gasteiger charge is 2.45. The van der Waals surface area contributed by atoms with Crippen LogP contribution in [0.15, 0.2) is 84.9 Å². The standard InChI is InChI=1S/C21H19N2O2P/c1-23-19-15-9-8-14-18(19)22-20(21(23)24)26(25,16-10-4-2-5-11-16)17-12-6-3-7-13-17/h2-15,20,22H,1H3/t20-/m0/s1. The molecule has 26 heavy (non-hydrogen) atoms. The van der Waals surface area contributed by atoms with Gasteiger partial charge in [-0.1, -0.05) is 72.8 Å². The van der Waals surface area contributed by atoms with Crippen molar-refractivity contribution in [2.24, 2.45) is 0 Å². The summed E-state index contributed by atoms with van der Waals surface area (Å²) in [6.45, 7) is 0. The molecule has 0 unspecified atom stereocenters. The van der Waals surface area contributed by atoms with Crippen LogP contribution >= 0.6 is 7.14 Å². The third-order valence-electron chi connectivity index (χ3n) is 4.77. The number of carbonyl (C=O) groups is 1. The van der Waals surface area contributed by atoms with E-state index in [4.69, 9.17) is 0 Å². The first kappa shape index (κ1) is 16.6. The minimum Gasteiger partial charge on any atom is -0.366 e. The van der Waals surface area contributed by atoms with E-state index in [1.807, 2.05) is 84.9 Å². The van der Waals surface area contributed by atoms with Crippen molar-refractivity contribution in [3.8, 4) is 0 Å². The number of hydrogen-bond acceptors (Lipinski definition) is 3. The summed E-state index contributed by atoms with van der Waals surface area (Å²) >= 11 is 0. The quantitative estimate of drug-likeness (QED) is 0.727. The molecule has 130 valence electrons. The van der Waals surface area contributed by atoms with Gasteiger partial charge in [-0.05, 0) is 12.1 Å². The fourth-order valence-electron chi connectivity index (χ4n) is 3.39. The normalized spacial score (nSPS) is 16.7. The van der Waals surface area contributed by atoms with Gasteiger partial charge in [-0.2, -0.15) is 0 Å². The second-order valence-electron chi connectivity index (χ2n) is 6.29. The van der Waals surface area contributed by atoms with Crippen LogP contribution in [0.4, 0.5) is 11.4 Å². The maximum atomic E-state index is 14.4. The van der Waals surface area contributed by atoms with Crippen LogP contribution in [0.1, 0.15) is 0 Å². The molecule has 0 aliphatic carbocycles. The number of hydrogen-bond donors (Lipinski definition) is 1.